The smallest absolute Gasteiger partial charge is 0.160 e. The molecule has 3 aromatic carbocycles. The molecule has 1 aliphatic carbocycles. The molecule has 0 saturated heterocycles. The quantitative estimate of drug-likeness (QED) is 0.0904. The van der Waals surface area contributed by atoms with E-state index < -0.39 is 35.7 Å². The second kappa shape index (κ2) is 16.5. The maximum absolute atomic E-state index is 14.4. The highest BCUT2D eigenvalue weighted by Crippen LogP contribution is 2.41. The molecule has 0 fully saturated rings. The van der Waals surface area contributed by atoms with Gasteiger partial charge in [-0.05, 0) is 65.8 Å². The first-order valence-electron chi connectivity index (χ1n) is 16.1. The zero-order chi connectivity index (χ0) is 33.2. The molecule has 46 heavy (non-hydrogen) atoms. The van der Waals surface area contributed by atoms with Crippen LogP contribution in [-0.4, -0.2) is 56.2 Å². The van der Waals surface area contributed by atoms with E-state index in [0.29, 0.717) is 29.5 Å². The van der Waals surface area contributed by atoms with Gasteiger partial charge in [-0.25, -0.2) is 0 Å². The SMILES string of the molecule is CCCCC[C@H]1C(=O)C[C@H](c2cc(OC)c(O)cc2CO)[C@H](Cc2ccccc2)C#C[C@@H](CO)[C@H](Cc2ccc(O)c(O)c2)[C@H]1O. The van der Waals surface area contributed by atoms with E-state index in [1.807, 2.05) is 30.3 Å². The highest BCUT2D eigenvalue weighted by atomic mass is 16.5. The van der Waals surface area contributed by atoms with Crippen LogP contribution < -0.4 is 4.74 Å². The largest absolute Gasteiger partial charge is 0.504 e. The number of hydrogen-bond donors (Lipinski definition) is 6. The Bertz CT molecular complexity index is 1510. The summed E-state index contributed by atoms with van der Waals surface area (Å²) in [5, 5.41) is 63.5. The molecule has 6 N–H and O–H groups in total. The number of hydrogen-bond acceptors (Lipinski definition) is 8. The van der Waals surface area contributed by atoms with Crippen molar-refractivity contribution < 1.29 is 40.2 Å². The van der Waals surface area contributed by atoms with E-state index in [1.54, 1.807) is 12.1 Å². The Hall–Kier alpha value is -4.03. The van der Waals surface area contributed by atoms with E-state index >= 15 is 0 Å². The van der Waals surface area contributed by atoms with Crippen molar-refractivity contribution in [3.8, 4) is 34.8 Å². The first-order valence-corrected chi connectivity index (χ1v) is 16.1. The highest BCUT2D eigenvalue weighted by Gasteiger charge is 2.39. The van der Waals surface area contributed by atoms with Crippen LogP contribution in [0.1, 0.15) is 67.2 Å². The van der Waals surface area contributed by atoms with Crippen LogP contribution in [0.25, 0.3) is 0 Å². The topological polar surface area (TPSA) is 148 Å². The molecule has 6 atom stereocenters. The summed E-state index contributed by atoms with van der Waals surface area (Å²) in [6, 6.07) is 17.4. The van der Waals surface area contributed by atoms with Gasteiger partial charge in [-0.3, -0.25) is 4.79 Å². The van der Waals surface area contributed by atoms with Crippen molar-refractivity contribution in [3.63, 3.8) is 0 Å². The first-order chi connectivity index (χ1) is 22.2. The standard InChI is InChI=1S/C38H46O8/c1-3-4-6-11-29-34(42)20-30(31-21-37(46-2)36(44)19-28(31)23-40)26(16-24-9-7-5-8-10-24)13-14-27(22-39)32(38(29)45)17-25-12-15-33(41)35(43)18-25/h5,7-10,12,15,18-19,21,26-27,29-30,32,38-41,43-45H,3-4,6,11,16-17,20,22-23H2,1-2H3/t26-,27-,29-,30-,32-,38-/m0/s1. The van der Waals surface area contributed by atoms with Gasteiger partial charge in [0.05, 0.1) is 26.4 Å². The highest BCUT2D eigenvalue weighted by molar-refractivity contribution is 5.83. The fourth-order valence-corrected chi connectivity index (χ4v) is 6.68. The second-order valence-corrected chi connectivity index (χ2v) is 12.3. The molecule has 0 heterocycles. The lowest BCUT2D eigenvalue weighted by Crippen LogP contribution is -2.41. The van der Waals surface area contributed by atoms with Crippen molar-refractivity contribution in [2.75, 3.05) is 13.7 Å². The minimum atomic E-state index is -1.13. The lowest BCUT2D eigenvalue weighted by molar-refractivity contribution is -0.129. The molecular weight excluding hydrogens is 584 g/mol. The van der Waals surface area contributed by atoms with Gasteiger partial charge in [-0.2, -0.15) is 0 Å². The molecule has 0 amide bonds. The van der Waals surface area contributed by atoms with Crippen LogP contribution in [0.2, 0.25) is 0 Å². The molecule has 0 radical (unpaired) electrons. The number of ketones is 1. The first kappa shape index (κ1) is 34.8. The van der Waals surface area contributed by atoms with Gasteiger partial charge >= 0.3 is 0 Å². The molecule has 8 nitrogen and oxygen atoms in total. The molecule has 0 spiro atoms. The summed E-state index contributed by atoms with van der Waals surface area (Å²) >= 11 is 0. The van der Waals surface area contributed by atoms with Gasteiger partial charge in [0.2, 0.25) is 0 Å². The minimum Gasteiger partial charge on any atom is -0.504 e. The Labute approximate surface area is 271 Å². The van der Waals surface area contributed by atoms with Crippen molar-refractivity contribution in [2.45, 2.75) is 70.5 Å². The zero-order valence-electron chi connectivity index (χ0n) is 26.6. The Morgan fingerprint density at radius 1 is 0.848 bits per heavy atom. The molecular formula is C38H46O8. The van der Waals surface area contributed by atoms with Gasteiger partial charge in [-0.1, -0.05) is 74.4 Å². The number of carbonyl (C=O) groups is 1. The van der Waals surface area contributed by atoms with Crippen molar-refractivity contribution in [1.29, 1.82) is 0 Å². The predicted octanol–water partition coefficient (Wildman–Crippen LogP) is 5.25. The van der Waals surface area contributed by atoms with Crippen LogP contribution in [-0.2, 0) is 24.2 Å². The fourth-order valence-electron chi connectivity index (χ4n) is 6.68. The number of carbonyl (C=O) groups excluding carboxylic acids is 1. The fraction of sp³-hybridized carbons (Fsp3) is 0.447. The molecule has 0 bridgehead atoms. The third kappa shape index (κ3) is 8.41. The lowest BCUT2D eigenvalue weighted by Gasteiger charge is -2.35. The van der Waals surface area contributed by atoms with Gasteiger partial charge in [0, 0.05) is 36.0 Å². The third-order valence-corrected chi connectivity index (χ3v) is 9.28. The van der Waals surface area contributed by atoms with Crippen molar-refractivity contribution >= 4 is 5.78 Å². The average molecular weight is 631 g/mol. The number of rotatable bonds is 12. The molecule has 3 aromatic rings. The molecule has 1 aliphatic rings. The number of benzene rings is 3. The van der Waals surface area contributed by atoms with E-state index in [4.69, 9.17) is 4.74 Å². The zero-order valence-corrected chi connectivity index (χ0v) is 26.6. The average Bonchev–Trinajstić information content (AvgIpc) is 3.06. The van der Waals surface area contributed by atoms with Crippen molar-refractivity contribution in [3.05, 3.63) is 82.9 Å². The Balaban J connectivity index is 1.89. The number of methoxy groups -OCH3 is 1. The third-order valence-electron chi connectivity index (χ3n) is 9.28. The number of ether oxygens (including phenoxy) is 1. The summed E-state index contributed by atoms with van der Waals surface area (Å²) in [5.41, 5.74) is 2.74. The Kier molecular flexibility index (Phi) is 12.5. The molecule has 4 rings (SSSR count). The number of phenols is 3. The van der Waals surface area contributed by atoms with E-state index in [9.17, 15) is 35.4 Å². The summed E-state index contributed by atoms with van der Waals surface area (Å²) in [6.07, 6.45) is 2.63. The predicted molar refractivity (Wildman–Crippen MR) is 176 cm³/mol. The maximum Gasteiger partial charge on any atom is 0.160 e. The summed E-state index contributed by atoms with van der Waals surface area (Å²) in [6.45, 7) is 1.35. The van der Waals surface area contributed by atoms with E-state index in [-0.39, 0.29) is 54.8 Å². The van der Waals surface area contributed by atoms with Gasteiger partial charge in [-0.15, -0.1) is 0 Å². The van der Waals surface area contributed by atoms with E-state index in [1.165, 1.54) is 25.3 Å². The van der Waals surface area contributed by atoms with Crippen LogP contribution >= 0.6 is 0 Å². The molecule has 8 heteroatoms. The summed E-state index contributed by atoms with van der Waals surface area (Å²) in [7, 11) is 1.44. The molecule has 246 valence electrons. The van der Waals surface area contributed by atoms with Crippen molar-refractivity contribution in [1.82, 2.24) is 0 Å². The number of unbranched alkanes of at least 4 members (excludes halogenated alkanes) is 2. The molecule has 0 unspecified atom stereocenters. The summed E-state index contributed by atoms with van der Waals surface area (Å²) in [4.78, 5) is 14.4. The van der Waals surface area contributed by atoms with Crippen LogP contribution in [0.5, 0.6) is 23.0 Å². The van der Waals surface area contributed by atoms with Gasteiger partial charge < -0.3 is 35.4 Å². The molecule has 0 aliphatic heterocycles. The normalized spacial score (nSPS) is 23.4. The summed E-state index contributed by atoms with van der Waals surface area (Å²) in [5.74, 6) is 3.08. The number of aromatic hydroxyl groups is 3. The molecule has 0 saturated carbocycles. The Morgan fingerprint density at radius 3 is 2.24 bits per heavy atom. The second-order valence-electron chi connectivity index (χ2n) is 12.3. The van der Waals surface area contributed by atoms with E-state index in [0.717, 1.165) is 24.8 Å². The van der Waals surface area contributed by atoms with Crippen LogP contribution in [0.15, 0.2) is 60.7 Å². The van der Waals surface area contributed by atoms with E-state index in [2.05, 4.69) is 18.8 Å². The van der Waals surface area contributed by atoms with Crippen LogP contribution in [0, 0.1) is 35.5 Å². The minimum absolute atomic E-state index is 0.0392. The number of phenolic OH excluding ortho intramolecular Hbond substituents is 3. The number of aliphatic hydroxyl groups excluding tert-OH is 3. The summed E-state index contributed by atoms with van der Waals surface area (Å²) < 4.78 is 5.42. The molecule has 0 aromatic heterocycles. The Morgan fingerprint density at radius 2 is 1.59 bits per heavy atom. The number of aliphatic hydroxyl groups is 3. The monoisotopic (exact) mass is 630 g/mol. The van der Waals surface area contributed by atoms with Gasteiger partial charge in [0.25, 0.3) is 0 Å². The van der Waals surface area contributed by atoms with Crippen LogP contribution in [0.3, 0.4) is 0 Å². The van der Waals surface area contributed by atoms with Crippen molar-refractivity contribution in [2.24, 2.45) is 23.7 Å². The lowest BCUT2D eigenvalue weighted by atomic mass is 9.70. The maximum atomic E-state index is 14.4. The van der Waals surface area contributed by atoms with Crippen LogP contribution in [0.4, 0.5) is 0 Å². The van der Waals surface area contributed by atoms with Gasteiger partial charge in [0.1, 0.15) is 5.78 Å². The van der Waals surface area contributed by atoms with Gasteiger partial charge in [0.15, 0.2) is 23.0 Å². The number of Topliss-reactive ketones (excluding diaryl/α,β-unsaturated/α-hetero) is 1.